The van der Waals surface area contributed by atoms with Gasteiger partial charge in [0.25, 0.3) is 0 Å². The summed E-state index contributed by atoms with van der Waals surface area (Å²) in [4.78, 5) is 11.0. The number of methoxy groups -OCH3 is 1. The number of rotatable bonds is 4. The van der Waals surface area contributed by atoms with Gasteiger partial charge in [0.2, 0.25) is 0 Å². The second-order valence-corrected chi connectivity index (χ2v) is 4.75. The highest BCUT2D eigenvalue weighted by Gasteiger charge is 2.10. The third-order valence-electron chi connectivity index (χ3n) is 3.30. The molecule has 0 bridgehead atoms. The quantitative estimate of drug-likeness (QED) is 0.801. The Kier molecular flexibility index (Phi) is 3.76. The standard InChI is InChI=1S/C16H12FN3O3/c1-23-15-6-5-10(8-13(15)17)14-9-20(19-18-14)12-4-2-3-11(7-12)16(21)22/h2-9H,1H3,(H,21,22). The van der Waals surface area contributed by atoms with Gasteiger partial charge in [-0.1, -0.05) is 11.3 Å². The molecule has 7 heteroatoms. The van der Waals surface area contributed by atoms with Crippen LogP contribution in [0.4, 0.5) is 4.39 Å². The topological polar surface area (TPSA) is 77.2 Å². The smallest absolute Gasteiger partial charge is 0.335 e. The Morgan fingerprint density at radius 2 is 2.09 bits per heavy atom. The molecule has 1 heterocycles. The first kappa shape index (κ1) is 14.7. The van der Waals surface area contributed by atoms with E-state index in [1.165, 1.54) is 36.1 Å². The lowest BCUT2D eigenvalue weighted by Gasteiger charge is -2.03. The average Bonchev–Trinajstić information content (AvgIpc) is 3.05. The lowest BCUT2D eigenvalue weighted by Crippen LogP contribution is -2.00. The third-order valence-corrected chi connectivity index (χ3v) is 3.30. The van der Waals surface area contributed by atoms with Crippen LogP contribution >= 0.6 is 0 Å². The van der Waals surface area contributed by atoms with Crippen LogP contribution in [0.25, 0.3) is 16.9 Å². The van der Waals surface area contributed by atoms with Gasteiger partial charge in [-0.3, -0.25) is 0 Å². The first-order valence-electron chi connectivity index (χ1n) is 6.68. The lowest BCUT2D eigenvalue weighted by atomic mass is 10.1. The Balaban J connectivity index is 1.96. The number of carbonyl (C=O) groups is 1. The van der Waals surface area contributed by atoms with Gasteiger partial charge < -0.3 is 9.84 Å². The minimum Gasteiger partial charge on any atom is -0.494 e. The number of hydrogen-bond donors (Lipinski definition) is 1. The van der Waals surface area contributed by atoms with Crippen LogP contribution in [-0.4, -0.2) is 33.2 Å². The van der Waals surface area contributed by atoms with Crippen molar-refractivity contribution < 1.29 is 19.0 Å². The molecule has 1 aromatic heterocycles. The van der Waals surface area contributed by atoms with Gasteiger partial charge in [0, 0.05) is 5.56 Å². The fraction of sp³-hybridized carbons (Fsp3) is 0.0625. The van der Waals surface area contributed by atoms with Crippen molar-refractivity contribution in [2.45, 2.75) is 0 Å². The van der Waals surface area contributed by atoms with Crippen molar-refractivity contribution in [3.63, 3.8) is 0 Å². The normalized spacial score (nSPS) is 10.5. The highest BCUT2D eigenvalue weighted by Crippen LogP contribution is 2.24. The molecule has 0 fully saturated rings. The maximum Gasteiger partial charge on any atom is 0.335 e. The highest BCUT2D eigenvalue weighted by molar-refractivity contribution is 5.88. The summed E-state index contributed by atoms with van der Waals surface area (Å²) in [6.45, 7) is 0. The van der Waals surface area contributed by atoms with E-state index in [9.17, 15) is 9.18 Å². The molecule has 0 aliphatic heterocycles. The maximum atomic E-state index is 13.8. The summed E-state index contributed by atoms with van der Waals surface area (Å²) in [5, 5.41) is 17.0. The van der Waals surface area contributed by atoms with E-state index in [0.29, 0.717) is 16.9 Å². The number of benzene rings is 2. The summed E-state index contributed by atoms with van der Waals surface area (Å²) < 4.78 is 20.1. The van der Waals surface area contributed by atoms with Crippen molar-refractivity contribution in [1.29, 1.82) is 0 Å². The largest absolute Gasteiger partial charge is 0.494 e. The Morgan fingerprint density at radius 3 is 2.78 bits per heavy atom. The lowest BCUT2D eigenvalue weighted by molar-refractivity contribution is 0.0697. The van der Waals surface area contributed by atoms with E-state index < -0.39 is 11.8 Å². The minimum absolute atomic E-state index is 0.148. The Bertz CT molecular complexity index is 877. The van der Waals surface area contributed by atoms with Crippen molar-refractivity contribution in [3.05, 3.63) is 60.0 Å². The molecule has 0 saturated heterocycles. The molecule has 0 aliphatic rings. The molecule has 0 aliphatic carbocycles. The van der Waals surface area contributed by atoms with E-state index >= 15 is 0 Å². The van der Waals surface area contributed by atoms with Crippen LogP contribution in [0.15, 0.2) is 48.7 Å². The van der Waals surface area contributed by atoms with Crippen LogP contribution in [0.5, 0.6) is 5.75 Å². The maximum absolute atomic E-state index is 13.8. The molecule has 0 unspecified atom stereocenters. The zero-order valence-electron chi connectivity index (χ0n) is 12.1. The van der Waals surface area contributed by atoms with Crippen LogP contribution in [0.1, 0.15) is 10.4 Å². The van der Waals surface area contributed by atoms with Gasteiger partial charge in [-0.2, -0.15) is 0 Å². The van der Waals surface area contributed by atoms with Gasteiger partial charge in [0.15, 0.2) is 11.6 Å². The van der Waals surface area contributed by atoms with E-state index in [1.54, 1.807) is 24.4 Å². The van der Waals surface area contributed by atoms with Gasteiger partial charge in [0.05, 0.1) is 24.6 Å². The van der Waals surface area contributed by atoms with E-state index in [-0.39, 0.29) is 11.3 Å². The second-order valence-electron chi connectivity index (χ2n) is 4.75. The van der Waals surface area contributed by atoms with Gasteiger partial charge in [-0.15, -0.1) is 5.10 Å². The van der Waals surface area contributed by atoms with Gasteiger partial charge >= 0.3 is 5.97 Å². The second kappa shape index (κ2) is 5.88. The van der Waals surface area contributed by atoms with Crippen molar-refractivity contribution in [1.82, 2.24) is 15.0 Å². The molecule has 3 rings (SSSR count). The van der Waals surface area contributed by atoms with Crippen LogP contribution < -0.4 is 4.74 Å². The summed E-state index contributed by atoms with van der Waals surface area (Å²) in [6, 6.07) is 10.8. The molecule has 1 N–H and O–H groups in total. The first-order valence-corrected chi connectivity index (χ1v) is 6.68. The summed E-state index contributed by atoms with van der Waals surface area (Å²) in [7, 11) is 1.39. The fourth-order valence-electron chi connectivity index (χ4n) is 2.13. The molecule has 0 spiro atoms. The molecule has 0 atom stereocenters. The molecule has 23 heavy (non-hydrogen) atoms. The van der Waals surface area contributed by atoms with Crippen LogP contribution in [0.2, 0.25) is 0 Å². The first-order chi connectivity index (χ1) is 11.1. The molecule has 6 nitrogen and oxygen atoms in total. The number of hydrogen-bond acceptors (Lipinski definition) is 4. The van der Waals surface area contributed by atoms with Crippen LogP contribution in [0.3, 0.4) is 0 Å². The third kappa shape index (κ3) is 2.89. The van der Waals surface area contributed by atoms with E-state index in [1.807, 2.05) is 0 Å². The molecular formula is C16H12FN3O3. The van der Waals surface area contributed by atoms with E-state index in [0.717, 1.165) is 0 Å². The van der Waals surface area contributed by atoms with Crippen molar-refractivity contribution in [2.75, 3.05) is 7.11 Å². The predicted octanol–water partition coefficient (Wildman–Crippen LogP) is 2.78. The number of aromatic carboxylic acids is 1. The number of ether oxygens (including phenoxy) is 1. The number of carboxylic acids is 1. The van der Waals surface area contributed by atoms with Gasteiger partial charge in [0.1, 0.15) is 5.69 Å². The number of carboxylic acid groups (broad SMARTS) is 1. The SMILES string of the molecule is COc1ccc(-c2cn(-c3cccc(C(=O)O)c3)nn2)cc1F. The summed E-state index contributed by atoms with van der Waals surface area (Å²) in [6.07, 6.45) is 1.60. The molecule has 0 radical (unpaired) electrons. The average molecular weight is 313 g/mol. The van der Waals surface area contributed by atoms with Crippen LogP contribution in [0, 0.1) is 5.82 Å². The molecule has 0 amide bonds. The zero-order chi connectivity index (χ0) is 16.4. The predicted molar refractivity (Wildman–Crippen MR) is 80.3 cm³/mol. The zero-order valence-corrected chi connectivity index (χ0v) is 12.1. The molecule has 0 saturated carbocycles. The van der Waals surface area contributed by atoms with Crippen molar-refractivity contribution in [2.24, 2.45) is 0 Å². The summed E-state index contributed by atoms with van der Waals surface area (Å²) in [5.41, 5.74) is 1.71. The molecule has 3 aromatic rings. The molecule has 2 aromatic carbocycles. The Labute approximate surface area is 130 Å². The Hall–Kier alpha value is -3.22. The fourth-order valence-corrected chi connectivity index (χ4v) is 2.13. The number of aromatic nitrogens is 3. The van der Waals surface area contributed by atoms with Crippen LogP contribution in [-0.2, 0) is 0 Å². The minimum atomic E-state index is -1.02. The molecular weight excluding hydrogens is 301 g/mol. The van der Waals surface area contributed by atoms with Crippen molar-refractivity contribution in [3.8, 4) is 22.7 Å². The number of halogens is 1. The van der Waals surface area contributed by atoms with E-state index in [4.69, 9.17) is 9.84 Å². The summed E-state index contributed by atoms with van der Waals surface area (Å²) >= 11 is 0. The van der Waals surface area contributed by atoms with Gasteiger partial charge in [-0.05, 0) is 36.4 Å². The van der Waals surface area contributed by atoms with E-state index in [2.05, 4.69) is 10.3 Å². The number of nitrogens with zero attached hydrogens (tertiary/aromatic N) is 3. The Morgan fingerprint density at radius 1 is 1.26 bits per heavy atom. The van der Waals surface area contributed by atoms with Gasteiger partial charge in [-0.25, -0.2) is 13.9 Å². The monoisotopic (exact) mass is 313 g/mol. The highest BCUT2D eigenvalue weighted by atomic mass is 19.1. The molecule has 116 valence electrons. The summed E-state index contributed by atoms with van der Waals surface area (Å²) in [5.74, 6) is -1.37. The van der Waals surface area contributed by atoms with Crippen molar-refractivity contribution >= 4 is 5.97 Å².